The van der Waals surface area contributed by atoms with Gasteiger partial charge in [0.15, 0.2) is 0 Å². The van der Waals surface area contributed by atoms with Crippen LogP contribution in [0.2, 0.25) is 0 Å². The van der Waals surface area contributed by atoms with Crippen LogP contribution in [0.5, 0.6) is 0 Å². The Hall–Kier alpha value is -1.62. The first-order chi connectivity index (χ1) is 8.16. The molecule has 0 aromatic carbocycles. The summed E-state index contributed by atoms with van der Waals surface area (Å²) in [6.07, 6.45) is 2.54. The van der Waals surface area contributed by atoms with Crippen LogP contribution < -0.4 is 5.32 Å². The lowest BCUT2D eigenvalue weighted by Gasteiger charge is -2.19. The standard InChI is InChI=1S/C12H16N2O3/c1-8(10-3-5-17-7-10)14-11-6-9(12(15)16)2-4-13-11/h2,4,6,8,10H,3,5,7H2,1H3,(H,13,14)(H,15,16). The van der Waals surface area contributed by atoms with Crippen molar-refractivity contribution in [1.29, 1.82) is 0 Å². The van der Waals surface area contributed by atoms with E-state index in [-0.39, 0.29) is 11.6 Å². The average Bonchev–Trinajstić information content (AvgIpc) is 2.82. The van der Waals surface area contributed by atoms with E-state index in [2.05, 4.69) is 17.2 Å². The molecular weight excluding hydrogens is 220 g/mol. The molecule has 1 fully saturated rings. The van der Waals surface area contributed by atoms with Crippen LogP contribution in [0.3, 0.4) is 0 Å². The van der Waals surface area contributed by atoms with E-state index in [1.54, 1.807) is 6.07 Å². The maximum atomic E-state index is 10.8. The minimum atomic E-state index is -0.938. The van der Waals surface area contributed by atoms with Crippen molar-refractivity contribution in [2.75, 3.05) is 18.5 Å². The molecule has 2 heterocycles. The minimum absolute atomic E-state index is 0.231. The molecule has 1 saturated heterocycles. The van der Waals surface area contributed by atoms with Crippen LogP contribution in [0.15, 0.2) is 18.3 Å². The van der Waals surface area contributed by atoms with Crippen LogP contribution in [-0.2, 0) is 4.74 Å². The van der Waals surface area contributed by atoms with E-state index in [1.807, 2.05) is 0 Å². The number of anilines is 1. The third-order valence-corrected chi connectivity index (χ3v) is 3.05. The van der Waals surface area contributed by atoms with Gasteiger partial charge in [-0.25, -0.2) is 9.78 Å². The number of carboxylic acids is 1. The Bertz CT molecular complexity index is 402. The average molecular weight is 236 g/mol. The highest BCUT2D eigenvalue weighted by Crippen LogP contribution is 2.19. The van der Waals surface area contributed by atoms with Crippen molar-refractivity contribution >= 4 is 11.8 Å². The first kappa shape index (κ1) is 11.9. The number of hydrogen-bond acceptors (Lipinski definition) is 4. The van der Waals surface area contributed by atoms with Gasteiger partial charge in [-0.3, -0.25) is 0 Å². The van der Waals surface area contributed by atoms with Gasteiger partial charge in [-0.1, -0.05) is 0 Å². The summed E-state index contributed by atoms with van der Waals surface area (Å²) in [6.45, 7) is 3.63. The predicted octanol–water partition coefficient (Wildman–Crippen LogP) is 1.62. The summed E-state index contributed by atoms with van der Waals surface area (Å²) in [7, 11) is 0. The molecule has 2 unspecified atom stereocenters. The zero-order valence-corrected chi connectivity index (χ0v) is 9.72. The Morgan fingerprint density at radius 2 is 2.53 bits per heavy atom. The molecule has 0 spiro atoms. The number of nitrogens with zero attached hydrogens (tertiary/aromatic N) is 1. The van der Waals surface area contributed by atoms with E-state index in [9.17, 15) is 4.79 Å². The van der Waals surface area contributed by atoms with Gasteiger partial charge in [-0.15, -0.1) is 0 Å². The molecule has 17 heavy (non-hydrogen) atoms. The van der Waals surface area contributed by atoms with Gasteiger partial charge >= 0.3 is 5.97 Å². The summed E-state index contributed by atoms with van der Waals surface area (Å²) in [5.74, 6) is 0.127. The zero-order chi connectivity index (χ0) is 12.3. The van der Waals surface area contributed by atoms with Crippen LogP contribution in [-0.4, -0.2) is 35.3 Å². The Kier molecular flexibility index (Phi) is 3.58. The molecule has 5 nitrogen and oxygen atoms in total. The first-order valence-electron chi connectivity index (χ1n) is 5.70. The van der Waals surface area contributed by atoms with Crippen LogP contribution in [0.4, 0.5) is 5.82 Å². The van der Waals surface area contributed by atoms with E-state index in [0.717, 1.165) is 19.6 Å². The van der Waals surface area contributed by atoms with Gasteiger partial charge in [0.2, 0.25) is 0 Å². The summed E-state index contributed by atoms with van der Waals surface area (Å²) in [6, 6.07) is 3.26. The topological polar surface area (TPSA) is 71.5 Å². The molecule has 2 N–H and O–H groups in total. The maximum Gasteiger partial charge on any atom is 0.335 e. The van der Waals surface area contributed by atoms with E-state index < -0.39 is 5.97 Å². The van der Waals surface area contributed by atoms with Crippen LogP contribution in [0.1, 0.15) is 23.7 Å². The van der Waals surface area contributed by atoms with Crippen molar-refractivity contribution in [3.05, 3.63) is 23.9 Å². The number of pyridine rings is 1. The predicted molar refractivity (Wildman–Crippen MR) is 63.2 cm³/mol. The van der Waals surface area contributed by atoms with Crippen LogP contribution >= 0.6 is 0 Å². The van der Waals surface area contributed by atoms with Gasteiger partial charge in [0.1, 0.15) is 5.82 Å². The van der Waals surface area contributed by atoms with E-state index in [0.29, 0.717) is 11.7 Å². The number of hydrogen-bond donors (Lipinski definition) is 2. The number of carboxylic acid groups (broad SMARTS) is 1. The summed E-state index contributed by atoms with van der Waals surface area (Å²) >= 11 is 0. The lowest BCUT2D eigenvalue weighted by molar-refractivity contribution is 0.0697. The number of carbonyl (C=O) groups is 1. The third kappa shape index (κ3) is 2.94. The molecule has 1 aliphatic rings. The van der Waals surface area contributed by atoms with Gasteiger partial charge in [0.25, 0.3) is 0 Å². The highest BCUT2D eigenvalue weighted by Gasteiger charge is 2.22. The molecule has 5 heteroatoms. The summed E-state index contributed by atoms with van der Waals surface area (Å²) in [5, 5.41) is 12.1. The highest BCUT2D eigenvalue weighted by molar-refractivity contribution is 5.88. The molecule has 0 bridgehead atoms. The quantitative estimate of drug-likeness (QED) is 0.831. The Labute approximate surface area is 99.8 Å². The third-order valence-electron chi connectivity index (χ3n) is 3.05. The Balaban J connectivity index is 2.02. The van der Waals surface area contributed by atoms with Gasteiger partial charge in [0.05, 0.1) is 12.2 Å². The van der Waals surface area contributed by atoms with E-state index >= 15 is 0 Å². The fourth-order valence-corrected chi connectivity index (χ4v) is 1.94. The number of ether oxygens (including phenoxy) is 1. The van der Waals surface area contributed by atoms with Crippen molar-refractivity contribution in [3.63, 3.8) is 0 Å². The number of aromatic nitrogens is 1. The fourth-order valence-electron chi connectivity index (χ4n) is 1.94. The molecule has 1 aromatic heterocycles. The Morgan fingerprint density at radius 1 is 1.71 bits per heavy atom. The van der Waals surface area contributed by atoms with Gasteiger partial charge in [-0.2, -0.15) is 0 Å². The summed E-state index contributed by atoms with van der Waals surface area (Å²) < 4.78 is 5.32. The second-order valence-electron chi connectivity index (χ2n) is 4.29. The van der Waals surface area contributed by atoms with Crippen LogP contribution in [0.25, 0.3) is 0 Å². The molecule has 1 aliphatic heterocycles. The molecule has 1 aromatic rings. The van der Waals surface area contributed by atoms with Gasteiger partial charge < -0.3 is 15.2 Å². The lowest BCUT2D eigenvalue weighted by atomic mass is 10.0. The van der Waals surface area contributed by atoms with Crippen LogP contribution in [0, 0.1) is 5.92 Å². The second-order valence-corrected chi connectivity index (χ2v) is 4.29. The Morgan fingerprint density at radius 3 is 3.18 bits per heavy atom. The molecule has 0 amide bonds. The minimum Gasteiger partial charge on any atom is -0.478 e. The first-order valence-corrected chi connectivity index (χ1v) is 5.70. The zero-order valence-electron chi connectivity index (χ0n) is 9.72. The lowest BCUT2D eigenvalue weighted by Crippen LogP contribution is -2.26. The van der Waals surface area contributed by atoms with Crippen molar-refractivity contribution in [2.45, 2.75) is 19.4 Å². The molecule has 0 aliphatic carbocycles. The van der Waals surface area contributed by atoms with Crippen molar-refractivity contribution in [2.24, 2.45) is 5.92 Å². The molecule has 2 atom stereocenters. The number of nitrogens with one attached hydrogen (secondary N) is 1. The number of aromatic carboxylic acids is 1. The largest absolute Gasteiger partial charge is 0.478 e. The van der Waals surface area contributed by atoms with Crippen molar-refractivity contribution in [3.8, 4) is 0 Å². The summed E-state index contributed by atoms with van der Waals surface area (Å²) in [4.78, 5) is 14.9. The SMILES string of the molecule is CC(Nc1cc(C(=O)O)ccn1)C1CCOC1. The molecular formula is C12H16N2O3. The second kappa shape index (κ2) is 5.14. The molecule has 92 valence electrons. The van der Waals surface area contributed by atoms with Gasteiger partial charge in [0, 0.05) is 24.8 Å². The molecule has 0 radical (unpaired) electrons. The maximum absolute atomic E-state index is 10.8. The highest BCUT2D eigenvalue weighted by atomic mass is 16.5. The number of rotatable bonds is 4. The summed E-state index contributed by atoms with van der Waals surface area (Å²) in [5.41, 5.74) is 0.248. The van der Waals surface area contributed by atoms with Gasteiger partial charge in [-0.05, 0) is 25.5 Å². The smallest absolute Gasteiger partial charge is 0.335 e. The molecule has 2 rings (SSSR count). The normalized spacial score (nSPS) is 21.1. The fraction of sp³-hybridized carbons (Fsp3) is 0.500. The monoisotopic (exact) mass is 236 g/mol. The van der Waals surface area contributed by atoms with E-state index in [4.69, 9.17) is 9.84 Å². The van der Waals surface area contributed by atoms with E-state index in [1.165, 1.54) is 12.3 Å². The van der Waals surface area contributed by atoms with Crippen molar-refractivity contribution in [1.82, 2.24) is 4.98 Å². The van der Waals surface area contributed by atoms with Crippen molar-refractivity contribution < 1.29 is 14.6 Å². The molecule has 0 saturated carbocycles.